The highest BCUT2D eigenvalue weighted by Crippen LogP contribution is 2.16. The molecule has 6 heteroatoms. The van der Waals surface area contributed by atoms with E-state index in [1.807, 2.05) is 12.1 Å². The van der Waals surface area contributed by atoms with Gasteiger partial charge in [-0.25, -0.2) is 0 Å². The Hall–Kier alpha value is -1.95. The van der Waals surface area contributed by atoms with Gasteiger partial charge in [0.1, 0.15) is 5.75 Å². The number of rotatable bonds is 4. The highest BCUT2D eigenvalue weighted by atomic mass is 32.3. The van der Waals surface area contributed by atoms with Crippen molar-refractivity contribution in [1.29, 1.82) is 0 Å². The van der Waals surface area contributed by atoms with Gasteiger partial charge in [-0.05, 0) is 41.8 Å². The first-order valence-electron chi connectivity index (χ1n) is 5.15. The molecule has 4 nitrogen and oxygen atoms in total. The Morgan fingerprint density at radius 3 is 2.11 bits per heavy atom. The molecule has 0 radical (unpaired) electrons. The maximum absolute atomic E-state index is 12.3. The molecule has 0 aliphatic rings. The molecule has 1 aromatic carbocycles. The van der Waals surface area contributed by atoms with E-state index in [2.05, 4.69) is 9.17 Å². The molecule has 0 atom stereocenters. The lowest BCUT2D eigenvalue weighted by atomic mass is 10.1. The van der Waals surface area contributed by atoms with Crippen LogP contribution in [0, 0.1) is 0 Å². The van der Waals surface area contributed by atoms with E-state index in [0.29, 0.717) is 6.42 Å². The van der Waals surface area contributed by atoms with Gasteiger partial charge in [-0.3, -0.25) is 4.98 Å². The van der Waals surface area contributed by atoms with E-state index >= 15 is 0 Å². The standard InChI is InChI=1S/C12H10FNO3S/c13-18(15,16)17-12-3-1-10(2-4-12)9-11-5-7-14-8-6-11/h1-8H,9H2. The van der Waals surface area contributed by atoms with Crippen LogP contribution in [0.4, 0.5) is 3.89 Å². The summed E-state index contributed by atoms with van der Waals surface area (Å²) < 4.78 is 36.9. The number of halogens is 1. The van der Waals surface area contributed by atoms with Crippen LogP contribution in [0.1, 0.15) is 11.1 Å². The Morgan fingerprint density at radius 1 is 1.00 bits per heavy atom. The fraction of sp³-hybridized carbons (Fsp3) is 0.0833. The van der Waals surface area contributed by atoms with Crippen molar-refractivity contribution in [1.82, 2.24) is 4.98 Å². The quantitative estimate of drug-likeness (QED) is 0.797. The number of hydrogen-bond acceptors (Lipinski definition) is 4. The number of benzene rings is 1. The average Bonchev–Trinajstić information content (AvgIpc) is 2.31. The minimum absolute atomic E-state index is 0.0454. The third kappa shape index (κ3) is 3.81. The molecule has 0 aliphatic heterocycles. The van der Waals surface area contributed by atoms with Crippen molar-refractivity contribution in [2.45, 2.75) is 6.42 Å². The highest BCUT2D eigenvalue weighted by molar-refractivity contribution is 7.81. The van der Waals surface area contributed by atoms with E-state index in [1.165, 1.54) is 12.1 Å². The molecule has 0 unspecified atom stereocenters. The zero-order valence-corrected chi connectivity index (χ0v) is 10.1. The Balaban J connectivity index is 2.09. The number of aromatic nitrogens is 1. The van der Waals surface area contributed by atoms with Crippen molar-refractivity contribution in [2.75, 3.05) is 0 Å². The summed E-state index contributed by atoms with van der Waals surface area (Å²) in [6, 6.07) is 9.95. The molecule has 0 spiro atoms. The molecule has 2 rings (SSSR count). The van der Waals surface area contributed by atoms with Crippen LogP contribution >= 0.6 is 0 Å². The van der Waals surface area contributed by atoms with Crippen molar-refractivity contribution < 1.29 is 16.5 Å². The molecule has 2 aromatic rings. The second-order valence-electron chi connectivity index (χ2n) is 3.65. The Kier molecular flexibility index (Phi) is 3.57. The molecule has 0 bridgehead atoms. The minimum atomic E-state index is -4.96. The zero-order chi connectivity index (χ0) is 13.0. The van der Waals surface area contributed by atoms with Crippen molar-refractivity contribution in [2.24, 2.45) is 0 Å². The fourth-order valence-corrected chi connectivity index (χ4v) is 1.86. The molecule has 1 heterocycles. The molecule has 0 saturated carbocycles. The molecule has 0 amide bonds. The van der Waals surface area contributed by atoms with Gasteiger partial charge in [-0.15, -0.1) is 0 Å². The van der Waals surface area contributed by atoms with Gasteiger partial charge >= 0.3 is 10.5 Å². The highest BCUT2D eigenvalue weighted by Gasteiger charge is 2.08. The summed E-state index contributed by atoms with van der Waals surface area (Å²) in [6.07, 6.45) is 4.08. The van der Waals surface area contributed by atoms with Crippen LogP contribution in [-0.4, -0.2) is 13.4 Å². The summed E-state index contributed by atoms with van der Waals surface area (Å²) in [4.78, 5) is 3.91. The molecule has 0 N–H and O–H groups in total. The summed E-state index contributed by atoms with van der Waals surface area (Å²) in [5.41, 5.74) is 2.04. The topological polar surface area (TPSA) is 56.3 Å². The largest absolute Gasteiger partial charge is 0.488 e. The van der Waals surface area contributed by atoms with E-state index in [1.54, 1.807) is 24.5 Å². The SMILES string of the molecule is O=S(=O)(F)Oc1ccc(Cc2ccncc2)cc1. The van der Waals surface area contributed by atoms with Crippen LogP contribution in [-0.2, 0) is 16.9 Å². The first-order chi connectivity index (χ1) is 8.53. The van der Waals surface area contributed by atoms with E-state index in [9.17, 15) is 12.3 Å². The molecule has 0 saturated heterocycles. The first-order valence-corrected chi connectivity index (χ1v) is 6.46. The summed E-state index contributed by atoms with van der Waals surface area (Å²) in [5, 5.41) is 0. The summed E-state index contributed by atoms with van der Waals surface area (Å²) in [6.45, 7) is 0. The van der Waals surface area contributed by atoms with Gasteiger partial charge in [0.25, 0.3) is 0 Å². The molecular formula is C12H10FNO3S. The van der Waals surface area contributed by atoms with Crippen molar-refractivity contribution >= 4 is 10.5 Å². The second-order valence-corrected chi connectivity index (χ2v) is 4.61. The monoisotopic (exact) mass is 267 g/mol. The van der Waals surface area contributed by atoms with E-state index in [0.717, 1.165) is 11.1 Å². The number of hydrogen-bond donors (Lipinski definition) is 0. The predicted molar refractivity (Wildman–Crippen MR) is 64.1 cm³/mol. The van der Waals surface area contributed by atoms with Crippen molar-refractivity contribution in [3.05, 3.63) is 59.9 Å². The lowest BCUT2D eigenvalue weighted by Gasteiger charge is -2.03. The summed E-state index contributed by atoms with van der Waals surface area (Å²) in [5.74, 6) is -0.0454. The molecule has 1 aromatic heterocycles. The first kappa shape index (κ1) is 12.5. The van der Waals surface area contributed by atoms with Crippen LogP contribution in [0.15, 0.2) is 48.8 Å². The lowest BCUT2D eigenvalue weighted by molar-refractivity contribution is 0.440. The maximum Gasteiger partial charge on any atom is 0.488 e. The van der Waals surface area contributed by atoms with Crippen LogP contribution in [0.5, 0.6) is 5.75 Å². The van der Waals surface area contributed by atoms with Gasteiger partial charge in [-0.1, -0.05) is 16.0 Å². The molecular weight excluding hydrogens is 257 g/mol. The molecule has 0 fully saturated rings. The Morgan fingerprint density at radius 2 is 1.56 bits per heavy atom. The van der Waals surface area contributed by atoms with Gasteiger partial charge in [0.05, 0.1) is 0 Å². The molecule has 0 aliphatic carbocycles. The summed E-state index contributed by atoms with van der Waals surface area (Å²) in [7, 11) is -4.96. The number of pyridine rings is 1. The van der Waals surface area contributed by atoms with E-state index < -0.39 is 10.5 Å². The lowest BCUT2D eigenvalue weighted by Crippen LogP contribution is -2.01. The van der Waals surface area contributed by atoms with Gasteiger partial charge in [0, 0.05) is 12.4 Å². The van der Waals surface area contributed by atoms with Crippen LogP contribution in [0.3, 0.4) is 0 Å². The van der Waals surface area contributed by atoms with Crippen LogP contribution in [0.25, 0.3) is 0 Å². The number of nitrogens with zero attached hydrogens (tertiary/aromatic N) is 1. The Bertz CT molecular complexity index is 612. The predicted octanol–water partition coefficient (Wildman–Crippen LogP) is 2.27. The van der Waals surface area contributed by atoms with Gasteiger partial charge < -0.3 is 4.18 Å². The maximum atomic E-state index is 12.3. The smallest absolute Gasteiger partial charge is 0.358 e. The van der Waals surface area contributed by atoms with Gasteiger partial charge in [0.15, 0.2) is 0 Å². The summed E-state index contributed by atoms with van der Waals surface area (Å²) >= 11 is 0. The van der Waals surface area contributed by atoms with Crippen molar-refractivity contribution in [3.8, 4) is 5.75 Å². The van der Waals surface area contributed by atoms with Gasteiger partial charge in [0.2, 0.25) is 0 Å². The second kappa shape index (κ2) is 5.14. The van der Waals surface area contributed by atoms with Crippen LogP contribution < -0.4 is 4.18 Å². The normalized spacial score (nSPS) is 11.2. The van der Waals surface area contributed by atoms with Crippen LogP contribution in [0.2, 0.25) is 0 Å². The van der Waals surface area contributed by atoms with E-state index in [4.69, 9.17) is 0 Å². The van der Waals surface area contributed by atoms with Gasteiger partial charge in [-0.2, -0.15) is 8.42 Å². The average molecular weight is 267 g/mol. The van der Waals surface area contributed by atoms with E-state index in [-0.39, 0.29) is 5.75 Å². The Labute approximate surface area is 104 Å². The molecule has 18 heavy (non-hydrogen) atoms. The third-order valence-electron chi connectivity index (χ3n) is 2.28. The molecule has 94 valence electrons. The fourth-order valence-electron chi connectivity index (χ4n) is 1.51. The van der Waals surface area contributed by atoms with Crippen molar-refractivity contribution in [3.63, 3.8) is 0 Å². The zero-order valence-electron chi connectivity index (χ0n) is 9.28. The minimum Gasteiger partial charge on any atom is -0.358 e. The third-order valence-corrected chi connectivity index (χ3v) is 2.67.